The van der Waals surface area contributed by atoms with Crippen LogP contribution in [-0.4, -0.2) is 30.9 Å². The highest BCUT2D eigenvalue weighted by Gasteiger charge is 2.14. The van der Waals surface area contributed by atoms with Crippen molar-refractivity contribution in [1.29, 1.82) is 0 Å². The van der Waals surface area contributed by atoms with Gasteiger partial charge in [-0.05, 0) is 38.1 Å². The van der Waals surface area contributed by atoms with Crippen molar-refractivity contribution >= 4 is 29.7 Å². The molecular formula is C17H23ClN2OS. The van der Waals surface area contributed by atoms with Crippen molar-refractivity contribution in [3.8, 4) is 0 Å². The van der Waals surface area contributed by atoms with Gasteiger partial charge in [0, 0.05) is 16.3 Å². The van der Waals surface area contributed by atoms with E-state index < -0.39 is 0 Å². The van der Waals surface area contributed by atoms with E-state index in [1.807, 2.05) is 30.1 Å². The third-order valence-corrected chi connectivity index (χ3v) is 4.32. The van der Waals surface area contributed by atoms with Crippen molar-refractivity contribution in [2.24, 2.45) is 0 Å². The molecule has 0 radical (unpaired) electrons. The molecule has 2 rings (SSSR count). The molecule has 1 amide bonds. The van der Waals surface area contributed by atoms with Crippen LogP contribution in [0.2, 0.25) is 0 Å². The zero-order valence-electron chi connectivity index (χ0n) is 13.0. The number of nitrogens with one attached hydrogen (secondary N) is 1. The number of amides is 1. The van der Waals surface area contributed by atoms with E-state index in [0.717, 1.165) is 13.0 Å². The Bertz CT molecular complexity index is 571. The lowest BCUT2D eigenvalue weighted by atomic mass is 10.1. The van der Waals surface area contributed by atoms with Gasteiger partial charge in [0.1, 0.15) is 0 Å². The average molecular weight is 339 g/mol. The zero-order chi connectivity index (χ0) is 15.1. The standard InChI is InChI=1S/C17H22N2OS.ClH/c1-14-8-9-16(21-14)13-19(17(20)12-18-2)11-10-15-6-4-3-5-7-15;/h3-9,18H,10-13H2,1-2H3;1H. The number of carbonyl (C=O) groups excluding carboxylic acids is 1. The van der Waals surface area contributed by atoms with Crippen LogP contribution in [-0.2, 0) is 17.8 Å². The topological polar surface area (TPSA) is 32.3 Å². The second-order valence-electron chi connectivity index (χ2n) is 5.09. The summed E-state index contributed by atoms with van der Waals surface area (Å²) in [7, 11) is 1.81. The summed E-state index contributed by atoms with van der Waals surface area (Å²) in [5, 5.41) is 2.95. The largest absolute Gasteiger partial charge is 0.336 e. The molecule has 0 atom stereocenters. The van der Waals surface area contributed by atoms with Gasteiger partial charge >= 0.3 is 0 Å². The van der Waals surface area contributed by atoms with Gasteiger partial charge in [0.05, 0.1) is 13.1 Å². The van der Waals surface area contributed by atoms with E-state index in [4.69, 9.17) is 0 Å². The average Bonchev–Trinajstić information content (AvgIpc) is 2.90. The normalized spacial score (nSPS) is 10.1. The van der Waals surface area contributed by atoms with Gasteiger partial charge in [-0.25, -0.2) is 0 Å². The Morgan fingerprint density at radius 3 is 2.50 bits per heavy atom. The quantitative estimate of drug-likeness (QED) is 0.840. The first kappa shape index (κ1) is 18.7. The Hall–Kier alpha value is -1.36. The van der Waals surface area contributed by atoms with Crippen molar-refractivity contribution < 1.29 is 4.79 Å². The maximum absolute atomic E-state index is 12.2. The lowest BCUT2D eigenvalue weighted by Crippen LogP contribution is -2.37. The minimum absolute atomic E-state index is 0. The van der Waals surface area contributed by atoms with Gasteiger partial charge in [-0.1, -0.05) is 30.3 Å². The molecule has 0 fully saturated rings. The van der Waals surface area contributed by atoms with E-state index in [-0.39, 0.29) is 18.3 Å². The Morgan fingerprint density at radius 1 is 1.18 bits per heavy atom. The molecule has 0 aliphatic rings. The van der Waals surface area contributed by atoms with E-state index in [0.29, 0.717) is 13.1 Å². The van der Waals surface area contributed by atoms with E-state index >= 15 is 0 Å². The molecule has 0 aliphatic carbocycles. The molecule has 3 nitrogen and oxygen atoms in total. The third-order valence-electron chi connectivity index (χ3n) is 3.34. The summed E-state index contributed by atoms with van der Waals surface area (Å²) in [6, 6.07) is 14.5. The molecule has 22 heavy (non-hydrogen) atoms. The molecule has 120 valence electrons. The molecule has 0 bridgehead atoms. The number of rotatable bonds is 7. The maximum Gasteiger partial charge on any atom is 0.236 e. The summed E-state index contributed by atoms with van der Waals surface area (Å²) in [5.41, 5.74) is 1.27. The minimum Gasteiger partial charge on any atom is -0.336 e. The summed E-state index contributed by atoms with van der Waals surface area (Å²) in [5.74, 6) is 0.152. The fourth-order valence-electron chi connectivity index (χ4n) is 2.22. The van der Waals surface area contributed by atoms with Crippen LogP contribution < -0.4 is 5.32 Å². The van der Waals surface area contributed by atoms with Gasteiger partial charge in [0.2, 0.25) is 5.91 Å². The Morgan fingerprint density at radius 2 is 1.91 bits per heavy atom. The SMILES string of the molecule is CNCC(=O)N(CCc1ccccc1)Cc1ccc(C)s1.Cl. The number of hydrogen-bond donors (Lipinski definition) is 1. The van der Waals surface area contributed by atoms with Crippen molar-refractivity contribution in [3.63, 3.8) is 0 Å². The molecule has 0 saturated carbocycles. The molecular weight excluding hydrogens is 316 g/mol. The van der Waals surface area contributed by atoms with Crippen molar-refractivity contribution in [2.45, 2.75) is 19.9 Å². The van der Waals surface area contributed by atoms with Crippen LogP contribution >= 0.6 is 23.7 Å². The summed E-state index contributed by atoms with van der Waals surface area (Å²) in [6.07, 6.45) is 0.890. The first-order valence-corrected chi connectivity index (χ1v) is 8.02. The van der Waals surface area contributed by atoms with Crippen molar-refractivity contribution in [3.05, 3.63) is 57.8 Å². The molecule has 0 unspecified atom stereocenters. The number of carbonyl (C=O) groups is 1. The maximum atomic E-state index is 12.2. The molecule has 2 aromatic rings. The molecule has 1 aromatic heterocycles. The van der Waals surface area contributed by atoms with Crippen LogP contribution in [0.15, 0.2) is 42.5 Å². The second-order valence-corrected chi connectivity index (χ2v) is 6.47. The number of hydrogen-bond acceptors (Lipinski definition) is 3. The highest BCUT2D eigenvalue weighted by molar-refractivity contribution is 7.11. The van der Waals surface area contributed by atoms with Gasteiger partial charge in [-0.3, -0.25) is 4.79 Å². The van der Waals surface area contributed by atoms with E-state index in [1.165, 1.54) is 15.3 Å². The monoisotopic (exact) mass is 338 g/mol. The van der Waals surface area contributed by atoms with Crippen LogP contribution in [0.1, 0.15) is 15.3 Å². The molecule has 0 aliphatic heterocycles. The number of benzene rings is 1. The van der Waals surface area contributed by atoms with Crippen LogP contribution in [0.25, 0.3) is 0 Å². The fraction of sp³-hybridized carbons (Fsp3) is 0.353. The van der Waals surface area contributed by atoms with Crippen LogP contribution in [0, 0.1) is 6.92 Å². The van der Waals surface area contributed by atoms with Gasteiger partial charge in [0.15, 0.2) is 0 Å². The molecule has 1 N–H and O–H groups in total. The summed E-state index contributed by atoms with van der Waals surface area (Å²) in [4.78, 5) is 16.7. The number of thiophene rings is 1. The lowest BCUT2D eigenvalue weighted by Gasteiger charge is -2.22. The minimum atomic E-state index is 0. The Kier molecular flexibility index (Phi) is 8.17. The van der Waals surface area contributed by atoms with Crippen LogP contribution in [0.5, 0.6) is 0 Å². The number of nitrogens with zero attached hydrogens (tertiary/aromatic N) is 1. The lowest BCUT2D eigenvalue weighted by molar-refractivity contribution is -0.130. The second kappa shape index (κ2) is 9.62. The molecule has 1 heterocycles. The van der Waals surface area contributed by atoms with Gasteiger partial charge < -0.3 is 10.2 Å². The van der Waals surface area contributed by atoms with Gasteiger partial charge in [-0.2, -0.15) is 0 Å². The van der Waals surface area contributed by atoms with Crippen molar-refractivity contribution in [1.82, 2.24) is 10.2 Å². The molecule has 0 spiro atoms. The van der Waals surface area contributed by atoms with Crippen LogP contribution in [0.4, 0.5) is 0 Å². The first-order chi connectivity index (χ1) is 10.2. The Labute approximate surface area is 142 Å². The van der Waals surface area contributed by atoms with E-state index in [9.17, 15) is 4.79 Å². The number of likely N-dealkylation sites (N-methyl/N-ethyl adjacent to an activating group) is 1. The van der Waals surface area contributed by atoms with Crippen molar-refractivity contribution in [2.75, 3.05) is 20.1 Å². The summed E-state index contributed by atoms with van der Waals surface area (Å²) < 4.78 is 0. The Balaban J connectivity index is 0.00000242. The predicted octanol–water partition coefficient (Wildman–Crippen LogP) is 3.27. The molecule has 5 heteroatoms. The third kappa shape index (κ3) is 5.79. The molecule has 1 aromatic carbocycles. The summed E-state index contributed by atoms with van der Waals surface area (Å²) in [6.45, 7) is 3.93. The summed E-state index contributed by atoms with van der Waals surface area (Å²) >= 11 is 1.76. The number of halogens is 1. The highest BCUT2D eigenvalue weighted by atomic mass is 35.5. The van der Waals surface area contributed by atoms with Gasteiger partial charge in [0.25, 0.3) is 0 Å². The van der Waals surface area contributed by atoms with E-state index in [2.05, 4.69) is 36.5 Å². The van der Waals surface area contributed by atoms with Crippen LogP contribution in [0.3, 0.4) is 0 Å². The van der Waals surface area contributed by atoms with Gasteiger partial charge in [-0.15, -0.1) is 23.7 Å². The van der Waals surface area contributed by atoms with E-state index in [1.54, 1.807) is 11.3 Å². The predicted molar refractivity (Wildman–Crippen MR) is 95.8 cm³/mol. The fourth-order valence-corrected chi connectivity index (χ4v) is 3.13. The highest BCUT2D eigenvalue weighted by Crippen LogP contribution is 2.17. The zero-order valence-corrected chi connectivity index (χ0v) is 14.7. The molecule has 0 saturated heterocycles. The first-order valence-electron chi connectivity index (χ1n) is 7.20. The smallest absolute Gasteiger partial charge is 0.236 e. The number of aryl methyl sites for hydroxylation is 1.